The van der Waals surface area contributed by atoms with Crippen molar-refractivity contribution in [2.24, 2.45) is 0 Å². The summed E-state index contributed by atoms with van der Waals surface area (Å²) in [6.07, 6.45) is 0.768. The number of anilines is 1. The van der Waals surface area contributed by atoms with Gasteiger partial charge >= 0.3 is 0 Å². The van der Waals surface area contributed by atoms with Crippen molar-refractivity contribution < 1.29 is 14.0 Å². The molecule has 0 atom stereocenters. The molecule has 1 aliphatic rings. The molecule has 2 heterocycles. The molecular formula is C12H12N2O3. The van der Waals surface area contributed by atoms with Crippen molar-refractivity contribution in [3.8, 4) is 22.6 Å². The van der Waals surface area contributed by atoms with Crippen LogP contribution in [0.4, 0.5) is 5.88 Å². The van der Waals surface area contributed by atoms with E-state index in [-0.39, 0.29) is 6.79 Å². The number of aryl methyl sites for hydroxylation is 1. The first-order valence-electron chi connectivity index (χ1n) is 5.43. The molecule has 5 nitrogen and oxygen atoms in total. The van der Waals surface area contributed by atoms with Crippen LogP contribution >= 0.6 is 0 Å². The average molecular weight is 232 g/mol. The molecule has 0 saturated carbocycles. The average Bonchev–Trinajstić information content (AvgIpc) is 2.93. The van der Waals surface area contributed by atoms with Gasteiger partial charge in [0.05, 0.1) is 11.3 Å². The highest BCUT2D eigenvalue weighted by atomic mass is 16.7. The summed E-state index contributed by atoms with van der Waals surface area (Å²) in [4.78, 5) is 0. The number of benzene rings is 1. The third-order valence-electron chi connectivity index (χ3n) is 2.79. The molecule has 17 heavy (non-hydrogen) atoms. The van der Waals surface area contributed by atoms with Crippen LogP contribution in [0.25, 0.3) is 11.1 Å². The first-order chi connectivity index (χ1) is 8.29. The van der Waals surface area contributed by atoms with Gasteiger partial charge in [-0.2, -0.15) is 0 Å². The normalized spacial score (nSPS) is 13.0. The van der Waals surface area contributed by atoms with Crippen LogP contribution in [-0.4, -0.2) is 11.9 Å². The summed E-state index contributed by atoms with van der Waals surface area (Å²) in [6.45, 7) is 2.27. The van der Waals surface area contributed by atoms with E-state index in [1.807, 2.05) is 25.1 Å². The number of rotatable bonds is 2. The van der Waals surface area contributed by atoms with Crippen molar-refractivity contribution >= 4 is 5.88 Å². The molecule has 0 saturated heterocycles. The Bertz CT molecular complexity index is 563. The maximum absolute atomic E-state index is 5.79. The van der Waals surface area contributed by atoms with E-state index in [2.05, 4.69) is 5.16 Å². The Balaban J connectivity index is 2.12. The Morgan fingerprint density at radius 2 is 2.12 bits per heavy atom. The summed E-state index contributed by atoms with van der Waals surface area (Å²) in [7, 11) is 0. The lowest BCUT2D eigenvalue weighted by Crippen LogP contribution is -1.93. The smallest absolute Gasteiger partial charge is 0.231 e. The van der Waals surface area contributed by atoms with E-state index < -0.39 is 0 Å². The van der Waals surface area contributed by atoms with Crippen molar-refractivity contribution in [2.45, 2.75) is 13.3 Å². The highest BCUT2D eigenvalue weighted by Gasteiger charge is 2.19. The Morgan fingerprint density at radius 3 is 2.94 bits per heavy atom. The number of nitrogens with two attached hydrogens (primary N) is 1. The second-order valence-corrected chi connectivity index (χ2v) is 3.79. The van der Waals surface area contributed by atoms with Gasteiger partial charge < -0.3 is 19.7 Å². The van der Waals surface area contributed by atoms with Crippen LogP contribution in [0.3, 0.4) is 0 Å². The summed E-state index contributed by atoms with van der Waals surface area (Å²) in [5, 5.41) is 3.93. The Morgan fingerprint density at radius 1 is 1.29 bits per heavy atom. The molecule has 0 aliphatic carbocycles. The molecule has 0 unspecified atom stereocenters. The van der Waals surface area contributed by atoms with Crippen LogP contribution in [0.15, 0.2) is 22.7 Å². The standard InChI is InChI=1S/C12H12N2O3/c1-2-8-11(12(13)17-14-8)7-3-4-9-10(5-7)16-6-15-9/h3-5H,2,6,13H2,1H3. The molecule has 0 fully saturated rings. The van der Waals surface area contributed by atoms with Crippen molar-refractivity contribution in [1.82, 2.24) is 5.16 Å². The molecule has 1 aliphatic heterocycles. The van der Waals surface area contributed by atoms with Crippen LogP contribution in [0.5, 0.6) is 11.5 Å². The van der Waals surface area contributed by atoms with Gasteiger partial charge in [-0.05, 0) is 24.1 Å². The van der Waals surface area contributed by atoms with Gasteiger partial charge in [0.15, 0.2) is 11.5 Å². The minimum Gasteiger partial charge on any atom is -0.454 e. The van der Waals surface area contributed by atoms with Crippen molar-refractivity contribution in [1.29, 1.82) is 0 Å². The summed E-state index contributed by atoms with van der Waals surface area (Å²) < 4.78 is 15.6. The number of hydrogen-bond donors (Lipinski definition) is 1. The maximum atomic E-state index is 5.79. The van der Waals surface area contributed by atoms with Crippen LogP contribution < -0.4 is 15.2 Å². The van der Waals surface area contributed by atoms with E-state index in [4.69, 9.17) is 19.7 Å². The van der Waals surface area contributed by atoms with Crippen LogP contribution in [-0.2, 0) is 6.42 Å². The molecule has 0 radical (unpaired) electrons. The Labute approximate surface area is 98.1 Å². The zero-order valence-corrected chi connectivity index (χ0v) is 9.40. The topological polar surface area (TPSA) is 70.5 Å². The van der Waals surface area contributed by atoms with Gasteiger partial charge in [0.2, 0.25) is 12.7 Å². The molecule has 2 N–H and O–H groups in total. The fourth-order valence-electron chi connectivity index (χ4n) is 1.94. The second kappa shape index (κ2) is 3.69. The van der Waals surface area contributed by atoms with Gasteiger partial charge in [-0.3, -0.25) is 0 Å². The highest BCUT2D eigenvalue weighted by molar-refractivity contribution is 5.77. The second-order valence-electron chi connectivity index (χ2n) is 3.79. The fourth-order valence-corrected chi connectivity index (χ4v) is 1.94. The van der Waals surface area contributed by atoms with Gasteiger partial charge in [-0.25, -0.2) is 0 Å². The summed E-state index contributed by atoms with van der Waals surface area (Å²) in [5.74, 6) is 1.81. The van der Waals surface area contributed by atoms with Gasteiger partial charge in [-0.1, -0.05) is 18.1 Å². The summed E-state index contributed by atoms with van der Waals surface area (Å²) in [5.41, 5.74) is 8.42. The maximum Gasteiger partial charge on any atom is 0.231 e. The monoisotopic (exact) mass is 232 g/mol. The summed E-state index contributed by atoms with van der Waals surface area (Å²) in [6, 6.07) is 5.68. The quantitative estimate of drug-likeness (QED) is 0.859. The lowest BCUT2D eigenvalue weighted by molar-refractivity contribution is 0.174. The molecule has 3 rings (SSSR count). The minimum atomic E-state index is 0.262. The zero-order chi connectivity index (χ0) is 11.8. The van der Waals surface area contributed by atoms with Gasteiger partial charge in [0.25, 0.3) is 0 Å². The number of fused-ring (bicyclic) bond motifs is 1. The van der Waals surface area contributed by atoms with E-state index in [0.717, 1.165) is 34.7 Å². The summed E-state index contributed by atoms with van der Waals surface area (Å²) >= 11 is 0. The number of hydrogen-bond acceptors (Lipinski definition) is 5. The van der Waals surface area contributed by atoms with Gasteiger partial charge in [0.1, 0.15) is 0 Å². The lowest BCUT2D eigenvalue weighted by Gasteiger charge is -2.02. The first-order valence-corrected chi connectivity index (χ1v) is 5.43. The van der Waals surface area contributed by atoms with E-state index >= 15 is 0 Å². The number of nitrogens with zero attached hydrogens (tertiary/aromatic N) is 1. The van der Waals surface area contributed by atoms with E-state index in [1.165, 1.54) is 0 Å². The molecule has 1 aromatic carbocycles. The van der Waals surface area contributed by atoms with E-state index in [9.17, 15) is 0 Å². The number of nitrogen functional groups attached to an aromatic ring is 1. The predicted octanol–water partition coefficient (Wildman–Crippen LogP) is 2.21. The third kappa shape index (κ3) is 1.51. The van der Waals surface area contributed by atoms with E-state index in [0.29, 0.717) is 5.88 Å². The molecular weight excluding hydrogens is 220 g/mol. The van der Waals surface area contributed by atoms with Crippen molar-refractivity contribution in [2.75, 3.05) is 12.5 Å². The molecule has 1 aromatic heterocycles. The third-order valence-corrected chi connectivity index (χ3v) is 2.79. The van der Waals surface area contributed by atoms with E-state index in [1.54, 1.807) is 0 Å². The number of aromatic nitrogens is 1. The molecule has 88 valence electrons. The van der Waals surface area contributed by atoms with Crippen molar-refractivity contribution in [3.05, 3.63) is 23.9 Å². The Hall–Kier alpha value is -2.17. The molecule has 0 amide bonds. The van der Waals surface area contributed by atoms with Crippen LogP contribution in [0.2, 0.25) is 0 Å². The molecule has 0 bridgehead atoms. The largest absolute Gasteiger partial charge is 0.454 e. The Kier molecular flexibility index (Phi) is 2.18. The fraction of sp³-hybridized carbons (Fsp3) is 0.250. The highest BCUT2D eigenvalue weighted by Crippen LogP contribution is 2.38. The zero-order valence-electron chi connectivity index (χ0n) is 9.40. The first kappa shape index (κ1) is 10.0. The van der Waals surface area contributed by atoms with Gasteiger partial charge in [-0.15, -0.1) is 0 Å². The minimum absolute atomic E-state index is 0.262. The van der Waals surface area contributed by atoms with Crippen LogP contribution in [0.1, 0.15) is 12.6 Å². The molecule has 0 spiro atoms. The van der Waals surface area contributed by atoms with Crippen molar-refractivity contribution in [3.63, 3.8) is 0 Å². The lowest BCUT2D eigenvalue weighted by atomic mass is 10.0. The predicted molar refractivity (Wildman–Crippen MR) is 61.9 cm³/mol. The van der Waals surface area contributed by atoms with Gasteiger partial charge in [0, 0.05) is 0 Å². The SMILES string of the molecule is CCc1noc(N)c1-c1ccc2c(c1)OCO2. The van der Waals surface area contributed by atoms with Crippen LogP contribution in [0, 0.1) is 0 Å². The molecule has 2 aromatic rings. The molecule has 5 heteroatoms. The number of ether oxygens (including phenoxy) is 2.